The molecule has 0 aliphatic carbocycles. The molecule has 0 atom stereocenters. The van der Waals surface area contributed by atoms with Crippen LogP contribution in [0.15, 0.2) is 54.6 Å². The summed E-state index contributed by atoms with van der Waals surface area (Å²) in [6.07, 6.45) is 1.51. The summed E-state index contributed by atoms with van der Waals surface area (Å²) in [4.78, 5) is 0. The van der Waals surface area contributed by atoms with Crippen LogP contribution in [0.25, 0.3) is 5.57 Å². The van der Waals surface area contributed by atoms with Crippen LogP contribution in [0.2, 0.25) is 0 Å². The maximum Gasteiger partial charge on any atom is 0.126 e. The number of nitriles is 1. The minimum atomic E-state index is 0.722. The van der Waals surface area contributed by atoms with Crippen molar-refractivity contribution < 1.29 is 9.47 Å². The van der Waals surface area contributed by atoms with Gasteiger partial charge in [-0.15, -0.1) is 0 Å². The molecule has 0 N–H and O–H groups in total. The Morgan fingerprint density at radius 3 is 1.75 bits per heavy atom. The predicted octanol–water partition coefficient (Wildman–Crippen LogP) is 3.66. The maximum absolute atomic E-state index is 9.08. The van der Waals surface area contributed by atoms with E-state index in [0.29, 0.717) is 0 Å². The van der Waals surface area contributed by atoms with E-state index >= 15 is 0 Å². The number of allylic oxidation sites excluding steroid dienone is 1. The van der Waals surface area contributed by atoms with Gasteiger partial charge in [0.2, 0.25) is 0 Å². The Morgan fingerprint density at radius 2 is 1.35 bits per heavy atom. The van der Waals surface area contributed by atoms with E-state index in [-0.39, 0.29) is 0 Å². The minimum Gasteiger partial charge on any atom is -0.496 e. The minimum absolute atomic E-state index is 0.722. The summed E-state index contributed by atoms with van der Waals surface area (Å²) in [5.41, 5.74) is 2.50. The van der Waals surface area contributed by atoms with Crippen LogP contribution in [-0.4, -0.2) is 14.2 Å². The molecule has 0 saturated carbocycles. The summed E-state index contributed by atoms with van der Waals surface area (Å²) in [5.74, 6) is 1.44. The average Bonchev–Trinajstić information content (AvgIpc) is 2.52. The van der Waals surface area contributed by atoms with Crippen molar-refractivity contribution in [3.05, 3.63) is 65.7 Å². The third-order valence-electron chi connectivity index (χ3n) is 3.00. The van der Waals surface area contributed by atoms with Crippen LogP contribution in [0.4, 0.5) is 0 Å². The quantitative estimate of drug-likeness (QED) is 0.792. The molecule has 3 nitrogen and oxygen atoms in total. The zero-order chi connectivity index (χ0) is 14.4. The molecule has 0 aromatic heterocycles. The van der Waals surface area contributed by atoms with Crippen molar-refractivity contribution in [3.8, 4) is 17.6 Å². The molecule has 3 heteroatoms. The number of benzene rings is 2. The summed E-state index contributed by atoms with van der Waals surface area (Å²) in [6, 6.07) is 17.3. The van der Waals surface area contributed by atoms with Crippen molar-refractivity contribution in [1.29, 1.82) is 5.26 Å². The highest BCUT2D eigenvalue weighted by molar-refractivity contribution is 5.86. The van der Waals surface area contributed by atoms with Crippen LogP contribution in [-0.2, 0) is 0 Å². The number of hydrogen-bond acceptors (Lipinski definition) is 3. The second-order valence-corrected chi connectivity index (χ2v) is 4.09. The summed E-state index contributed by atoms with van der Waals surface area (Å²) in [5, 5.41) is 9.08. The first-order chi connectivity index (χ1) is 9.81. The van der Waals surface area contributed by atoms with Crippen LogP contribution in [0.3, 0.4) is 0 Å². The lowest BCUT2D eigenvalue weighted by molar-refractivity contribution is 0.411. The van der Waals surface area contributed by atoms with Gasteiger partial charge in [-0.1, -0.05) is 36.4 Å². The predicted molar refractivity (Wildman–Crippen MR) is 78.7 cm³/mol. The molecule has 0 saturated heterocycles. The largest absolute Gasteiger partial charge is 0.496 e. The fourth-order valence-electron chi connectivity index (χ4n) is 2.10. The lowest BCUT2D eigenvalue weighted by atomic mass is 9.96. The Labute approximate surface area is 118 Å². The lowest BCUT2D eigenvalue weighted by Gasteiger charge is -2.14. The molecule has 0 heterocycles. The molecule has 0 amide bonds. The summed E-state index contributed by atoms with van der Waals surface area (Å²) >= 11 is 0. The summed E-state index contributed by atoms with van der Waals surface area (Å²) in [7, 11) is 3.23. The Bertz CT molecular complexity index is 619. The van der Waals surface area contributed by atoms with Gasteiger partial charge < -0.3 is 9.47 Å². The van der Waals surface area contributed by atoms with Gasteiger partial charge in [0.05, 0.1) is 20.3 Å². The Hall–Kier alpha value is -2.73. The van der Waals surface area contributed by atoms with Crippen LogP contribution in [0, 0.1) is 11.3 Å². The number of para-hydroxylation sites is 2. The molecule has 0 spiro atoms. The van der Waals surface area contributed by atoms with Crippen molar-refractivity contribution in [3.63, 3.8) is 0 Å². The Balaban J connectivity index is 2.64. The molecule has 0 unspecified atom stereocenters. The van der Waals surface area contributed by atoms with Gasteiger partial charge in [-0.3, -0.25) is 0 Å². The summed E-state index contributed by atoms with van der Waals surface area (Å²) < 4.78 is 10.8. The van der Waals surface area contributed by atoms with Crippen molar-refractivity contribution in [2.75, 3.05) is 14.2 Å². The van der Waals surface area contributed by atoms with E-state index in [1.165, 1.54) is 6.08 Å². The van der Waals surface area contributed by atoms with Gasteiger partial charge in [-0.05, 0) is 12.1 Å². The second kappa shape index (κ2) is 6.44. The molecule has 2 aromatic rings. The molecule has 0 aliphatic heterocycles. The van der Waals surface area contributed by atoms with Crippen LogP contribution < -0.4 is 9.47 Å². The smallest absolute Gasteiger partial charge is 0.126 e. The number of nitrogens with zero attached hydrogens (tertiary/aromatic N) is 1. The van der Waals surface area contributed by atoms with Crippen LogP contribution in [0.5, 0.6) is 11.5 Å². The standard InChI is InChI=1S/C17H15NO2/c1-19-16-9-5-3-7-14(16)13(11-12-18)15-8-4-6-10-17(15)20-2/h3-11H,1-2H3. The van der Waals surface area contributed by atoms with Gasteiger partial charge in [-0.25, -0.2) is 0 Å². The van der Waals surface area contributed by atoms with E-state index in [1.54, 1.807) is 14.2 Å². The fourth-order valence-corrected chi connectivity index (χ4v) is 2.10. The van der Waals surface area contributed by atoms with Gasteiger partial charge in [-0.2, -0.15) is 5.26 Å². The molecule has 20 heavy (non-hydrogen) atoms. The molecule has 2 aromatic carbocycles. The molecular weight excluding hydrogens is 250 g/mol. The lowest BCUT2D eigenvalue weighted by Crippen LogP contribution is -1.96. The summed E-state index contributed by atoms with van der Waals surface area (Å²) in [6.45, 7) is 0. The van der Waals surface area contributed by atoms with Gasteiger partial charge >= 0.3 is 0 Å². The zero-order valence-electron chi connectivity index (χ0n) is 11.5. The van der Waals surface area contributed by atoms with Crippen molar-refractivity contribution in [2.45, 2.75) is 0 Å². The zero-order valence-corrected chi connectivity index (χ0v) is 11.5. The fraction of sp³-hybridized carbons (Fsp3) is 0.118. The SMILES string of the molecule is COc1ccccc1C(=CC#N)c1ccccc1OC. The molecule has 2 rings (SSSR count). The van der Waals surface area contributed by atoms with E-state index in [9.17, 15) is 0 Å². The number of ether oxygens (including phenoxy) is 2. The third kappa shape index (κ3) is 2.65. The molecular formula is C17H15NO2. The Morgan fingerprint density at radius 1 is 0.900 bits per heavy atom. The molecule has 0 fully saturated rings. The monoisotopic (exact) mass is 265 g/mol. The average molecular weight is 265 g/mol. The van der Waals surface area contributed by atoms with E-state index < -0.39 is 0 Å². The van der Waals surface area contributed by atoms with E-state index in [1.807, 2.05) is 48.5 Å². The highest BCUT2D eigenvalue weighted by atomic mass is 16.5. The van der Waals surface area contributed by atoms with Crippen molar-refractivity contribution in [1.82, 2.24) is 0 Å². The first-order valence-electron chi connectivity index (χ1n) is 6.18. The van der Waals surface area contributed by atoms with Gasteiger partial charge in [0.15, 0.2) is 0 Å². The van der Waals surface area contributed by atoms with Gasteiger partial charge in [0, 0.05) is 22.8 Å². The van der Waals surface area contributed by atoms with E-state index in [0.717, 1.165) is 28.2 Å². The van der Waals surface area contributed by atoms with Crippen molar-refractivity contribution in [2.24, 2.45) is 0 Å². The van der Waals surface area contributed by atoms with Crippen LogP contribution >= 0.6 is 0 Å². The van der Waals surface area contributed by atoms with Gasteiger partial charge in [0.1, 0.15) is 11.5 Å². The second-order valence-electron chi connectivity index (χ2n) is 4.09. The first-order valence-corrected chi connectivity index (χ1v) is 6.18. The number of rotatable bonds is 4. The molecule has 0 aliphatic rings. The molecule has 100 valence electrons. The van der Waals surface area contributed by atoms with Gasteiger partial charge in [0.25, 0.3) is 0 Å². The number of hydrogen-bond donors (Lipinski definition) is 0. The van der Waals surface area contributed by atoms with E-state index in [4.69, 9.17) is 14.7 Å². The molecule has 0 radical (unpaired) electrons. The van der Waals surface area contributed by atoms with E-state index in [2.05, 4.69) is 6.07 Å². The topological polar surface area (TPSA) is 42.2 Å². The maximum atomic E-state index is 9.08. The Kier molecular flexibility index (Phi) is 4.41. The number of methoxy groups -OCH3 is 2. The highest BCUT2D eigenvalue weighted by Crippen LogP contribution is 2.35. The van der Waals surface area contributed by atoms with Crippen molar-refractivity contribution >= 4 is 5.57 Å². The molecule has 0 bridgehead atoms. The normalized spacial score (nSPS) is 9.45. The third-order valence-corrected chi connectivity index (χ3v) is 3.00. The van der Waals surface area contributed by atoms with Crippen LogP contribution in [0.1, 0.15) is 11.1 Å². The highest BCUT2D eigenvalue weighted by Gasteiger charge is 2.13. The first kappa shape index (κ1) is 13.7.